The van der Waals surface area contributed by atoms with Crippen LogP contribution >= 0.6 is 0 Å². The van der Waals surface area contributed by atoms with E-state index < -0.39 is 19.5 Å². The van der Waals surface area contributed by atoms with Crippen LogP contribution in [0.4, 0.5) is 11.4 Å². The van der Waals surface area contributed by atoms with Crippen molar-refractivity contribution in [2.24, 2.45) is 0 Å². The molecular weight excluding hydrogens is 256 g/mol. The van der Waals surface area contributed by atoms with Crippen LogP contribution in [0.1, 0.15) is 13.8 Å². The Hall–Kier alpha value is -1.63. The predicted octanol–water partition coefficient (Wildman–Crippen LogP) is 1.83. The minimum absolute atomic E-state index is 0.0304. The van der Waals surface area contributed by atoms with Gasteiger partial charge in [-0.25, -0.2) is 8.42 Å². The first-order chi connectivity index (χ1) is 8.13. The van der Waals surface area contributed by atoms with Gasteiger partial charge >= 0.3 is 0 Å². The number of nitro groups is 1. The fourth-order valence-corrected chi connectivity index (χ4v) is 1.51. The molecule has 0 fully saturated rings. The van der Waals surface area contributed by atoms with Crippen molar-refractivity contribution in [1.29, 1.82) is 0 Å². The molecule has 6 nitrogen and oxygen atoms in total. The Bertz CT molecular complexity index is 552. The van der Waals surface area contributed by atoms with Crippen LogP contribution in [-0.4, -0.2) is 30.9 Å². The number of sulfone groups is 1. The number of rotatable bonds is 5. The molecule has 1 rings (SSSR count). The Morgan fingerprint density at radius 2 is 2.00 bits per heavy atom. The molecule has 0 saturated carbocycles. The predicted molar refractivity (Wildman–Crippen MR) is 70.5 cm³/mol. The minimum atomic E-state index is -3.20. The van der Waals surface area contributed by atoms with Crippen LogP contribution in [0.5, 0.6) is 0 Å². The molecule has 1 aromatic rings. The number of hydrogen-bond acceptors (Lipinski definition) is 5. The van der Waals surface area contributed by atoms with Gasteiger partial charge in [0.05, 0.1) is 9.67 Å². The third-order valence-electron chi connectivity index (χ3n) is 2.78. The van der Waals surface area contributed by atoms with Crippen molar-refractivity contribution in [2.45, 2.75) is 18.6 Å². The smallest absolute Gasteiger partial charge is 0.271 e. The van der Waals surface area contributed by atoms with Crippen molar-refractivity contribution < 1.29 is 13.3 Å². The summed E-state index contributed by atoms with van der Waals surface area (Å²) < 4.78 is 22.1. The quantitative estimate of drug-likeness (QED) is 0.652. The highest BCUT2D eigenvalue weighted by atomic mass is 32.2. The summed E-state index contributed by atoms with van der Waals surface area (Å²) in [6, 6.07) is 5.96. The minimum Gasteiger partial charge on any atom is -0.383 e. The van der Waals surface area contributed by atoms with Gasteiger partial charge in [0.25, 0.3) is 5.69 Å². The number of nitro benzene ring substituents is 1. The lowest BCUT2D eigenvalue weighted by Crippen LogP contribution is -2.38. The lowest BCUT2D eigenvalue weighted by molar-refractivity contribution is -0.384. The normalized spacial score (nSPS) is 12.2. The van der Waals surface area contributed by atoms with Crippen LogP contribution in [0.3, 0.4) is 0 Å². The third-order valence-corrected chi connectivity index (χ3v) is 4.93. The summed E-state index contributed by atoms with van der Waals surface area (Å²) in [4.78, 5) is 10.1. The van der Waals surface area contributed by atoms with Crippen LogP contribution < -0.4 is 5.32 Å². The highest BCUT2D eigenvalue weighted by Gasteiger charge is 2.29. The van der Waals surface area contributed by atoms with Gasteiger partial charge in [-0.15, -0.1) is 0 Å². The van der Waals surface area contributed by atoms with Crippen LogP contribution in [0, 0.1) is 10.1 Å². The average Bonchev–Trinajstić information content (AvgIpc) is 2.25. The molecule has 0 aliphatic carbocycles. The van der Waals surface area contributed by atoms with E-state index in [9.17, 15) is 18.5 Å². The fourth-order valence-electron chi connectivity index (χ4n) is 1.18. The molecule has 0 aliphatic rings. The molecule has 7 heteroatoms. The molecule has 100 valence electrons. The maximum absolute atomic E-state index is 11.5. The average molecular weight is 272 g/mol. The summed E-state index contributed by atoms with van der Waals surface area (Å²) in [7, 11) is -3.20. The van der Waals surface area contributed by atoms with E-state index >= 15 is 0 Å². The maximum Gasteiger partial charge on any atom is 0.271 e. The molecule has 0 unspecified atom stereocenters. The monoisotopic (exact) mass is 272 g/mol. The van der Waals surface area contributed by atoms with E-state index in [1.54, 1.807) is 26.0 Å². The topological polar surface area (TPSA) is 89.3 Å². The summed E-state index contributed by atoms with van der Waals surface area (Å²) in [5.74, 6) is 0. The van der Waals surface area contributed by atoms with E-state index in [1.165, 1.54) is 18.4 Å². The maximum atomic E-state index is 11.5. The zero-order valence-corrected chi connectivity index (χ0v) is 11.3. The molecule has 18 heavy (non-hydrogen) atoms. The number of hydrogen-bond donors (Lipinski definition) is 1. The second-order valence-electron chi connectivity index (χ2n) is 4.69. The zero-order chi connectivity index (χ0) is 14.0. The second kappa shape index (κ2) is 4.93. The van der Waals surface area contributed by atoms with Crippen molar-refractivity contribution in [3.05, 3.63) is 34.4 Å². The lowest BCUT2D eigenvalue weighted by Gasteiger charge is -2.23. The van der Waals surface area contributed by atoms with Crippen LogP contribution in [-0.2, 0) is 9.84 Å². The number of anilines is 1. The largest absolute Gasteiger partial charge is 0.383 e. The van der Waals surface area contributed by atoms with Crippen molar-refractivity contribution in [2.75, 3.05) is 18.1 Å². The van der Waals surface area contributed by atoms with Gasteiger partial charge in [0, 0.05) is 30.6 Å². The van der Waals surface area contributed by atoms with Gasteiger partial charge in [0.15, 0.2) is 9.84 Å². The number of benzene rings is 1. The van der Waals surface area contributed by atoms with Crippen molar-refractivity contribution >= 4 is 21.2 Å². The fraction of sp³-hybridized carbons (Fsp3) is 0.455. The zero-order valence-electron chi connectivity index (χ0n) is 10.5. The Morgan fingerprint density at radius 3 is 2.50 bits per heavy atom. The van der Waals surface area contributed by atoms with Gasteiger partial charge in [0.1, 0.15) is 0 Å². The summed E-state index contributed by atoms with van der Waals surface area (Å²) >= 11 is 0. The van der Waals surface area contributed by atoms with E-state index in [2.05, 4.69) is 5.32 Å². The van der Waals surface area contributed by atoms with Gasteiger partial charge in [0.2, 0.25) is 0 Å². The first-order valence-corrected chi connectivity index (χ1v) is 7.20. The van der Waals surface area contributed by atoms with E-state index in [1.807, 2.05) is 0 Å². The van der Waals surface area contributed by atoms with E-state index in [0.717, 1.165) is 0 Å². The third kappa shape index (κ3) is 3.43. The SMILES string of the molecule is CC(C)(CNc1cccc([N+](=O)[O-])c1)S(C)(=O)=O. The Labute approximate surface area is 106 Å². The van der Waals surface area contributed by atoms with Crippen molar-refractivity contribution in [3.8, 4) is 0 Å². The molecule has 0 saturated heterocycles. The molecule has 1 N–H and O–H groups in total. The molecule has 0 radical (unpaired) electrons. The van der Waals surface area contributed by atoms with Crippen molar-refractivity contribution in [3.63, 3.8) is 0 Å². The van der Waals surface area contributed by atoms with E-state index in [4.69, 9.17) is 0 Å². The summed E-state index contributed by atoms with van der Waals surface area (Å²) in [6.45, 7) is 3.40. The second-order valence-corrected chi connectivity index (χ2v) is 7.34. The van der Waals surface area contributed by atoms with Gasteiger partial charge < -0.3 is 5.32 Å². The molecule has 0 bridgehead atoms. The van der Waals surface area contributed by atoms with Crippen LogP contribution in [0.2, 0.25) is 0 Å². The lowest BCUT2D eigenvalue weighted by atomic mass is 10.2. The number of nitrogens with one attached hydrogen (secondary N) is 1. The summed E-state index contributed by atoms with van der Waals surface area (Å²) in [5.41, 5.74) is 0.498. The molecule has 0 atom stereocenters. The summed E-state index contributed by atoms with van der Waals surface area (Å²) in [5, 5.41) is 13.5. The molecule has 0 heterocycles. The number of non-ortho nitro benzene ring substituents is 1. The molecule has 0 aliphatic heterocycles. The molecular formula is C11H16N2O4S. The first-order valence-electron chi connectivity index (χ1n) is 5.31. The Morgan fingerprint density at radius 1 is 1.39 bits per heavy atom. The molecule has 0 aromatic heterocycles. The van der Waals surface area contributed by atoms with Crippen LogP contribution in [0.25, 0.3) is 0 Å². The standard InChI is InChI=1S/C11H16N2O4S/c1-11(2,18(3,16)17)8-12-9-5-4-6-10(7-9)13(14)15/h4-7,12H,8H2,1-3H3. The Balaban J connectivity index is 2.82. The van der Waals surface area contributed by atoms with E-state index in [-0.39, 0.29) is 12.2 Å². The van der Waals surface area contributed by atoms with Gasteiger partial charge in [-0.2, -0.15) is 0 Å². The molecule has 1 aromatic carbocycles. The highest BCUT2D eigenvalue weighted by Crippen LogP contribution is 2.20. The van der Waals surface area contributed by atoms with Crippen LogP contribution in [0.15, 0.2) is 24.3 Å². The van der Waals surface area contributed by atoms with Crippen molar-refractivity contribution in [1.82, 2.24) is 0 Å². The number of nitrogens with zero attached hydrogens (tertiary/aromatic N) is 1. The van der Waals surface area contributed by atoms with Gasteiger partial charge in [-0.3, -0.25) is 10.1 Å². The Kier molecular flexibility index (Phi) is 3.95. The van der Waals surface area contributed by atoms with Gasteiger partial charge in [-0.1, -0.05) is 6.07 Å². The van der Waals surface area contributed by atoms with Gasteiger partial charge in [-0.05, 0) is 19.9 Å². The molecule has 0 spiro atoms. The first kappa shape index (κ1) is 14.4. The van der Waals surface area contributed by atoms with E-state index in [0.29, 0.717) is 5.69 Å². The molecule has 0 amide bonds. The summed E-state index contributed by atoms with van der Waals surface area (Å²) in [6.07, 6.45) is 1.17. The highest BCUT2D eigenvalue weighted by molar-refractivity contribution is 7.92.